The van der Waals surface area contributed by atoms with E-state index < -0.39 is 23.8 Å². The molecule has 1 unspecified atom stereocenters. The highest BCUT2D eigenvalue weighted by Crippen LogP contribution is 2.31. The highest BCUT2D eigenvalue weighted by atomic mass is 32.2. The number of nitrogens with zero attached hydrogens (tertiary/aromatic N) is 3. The number of ether oxygens (including phenoxy) is 1. The third-order valence-electron chi connectivity index (χ3n) is 4.59. The number of hydrogen-bond donors (Lipinski definition) is 1. The predicted molar refractivity (Wildman–Crippen MR) is 121 cm³/mol. The summed E-state index contributed by atoms with van der Waals surface area (Å²) in [6.07, 6.45) is -4.99. The van der Waals surface area contributed by atoms with E-state index in [-0.39, 0.29) is 23.2 Å². The molecule has 1 aromatic heterocycles. The van der Waals surface area contributed by atoms with Crippen molar-refractivity contribution < 1.29 is 27.1 Å². The fraction of sp³-hybridized carbons (Fsp3) is 0.348. The van der Waals surface area contributed by atoms with Gasteiger partial charge in [0.05, 0.1) is 11.3 Å². The van der Waals surface area contributed by atoms with Gasteiger partial charge in [0, 0.05) is 12.2 Å². The van der Waals surface area contributed by atoms with Crippen LogP contribution in [0.2, 0.25) is 0 Å². The minimum Gasteiger partial charge on any atom is -0.483 e. The van der Waals surface area contributed by atoms with E-state index >= 15 is 0 Å². The molecule has 0 aliphatic carbocycles. The van der Waals surface area contributed by atoms with Crippen LogP contribution in [0.3, 0.4) is 0 Å². The van der Waals surface area contributed by atoms with Crippen LogP contribution >= 0.6 is 11.8 Å². The molecule has 11 heteroatoms. The molecule has 1 amide bonds. The lowest BCUT2D eigenvalue weighted by Crippen LogP contribution is -2.17. The van der Waals surface area contributed by atoms with E-state index in [2.05, 4.69) is 15.5 Å². The van der Waals surface area contributed by atoms with Crippen LogP contribution in [0.25, 0.3) is 0 Å². The molecule has 0 saturated carbocycles. The molecule has 1 atom stereocenters. The number of carbonyl (C=O) groups is 1. The first-order valence-electron chi connectivity index (χ1n) is 10.5. The first-order chi connectivity index (χ1) is 16.0. The second-order valence-electron chi connectivity index (χ2n) is 7.97. The Labute approximate surface area is 198 Å². The molecule has 2 aromatic carbocycles. The van der Waals surface area contributed by atoms with E-state index in [1.54, 1.807) is 6.92 Å². The number of nitrogens with one attached hydrogen (secondary N) is 1. The van der Waals surface area contributed by atoms with Gasteiger partial charge in [-0.15, -0.1) is 10.2 Å². The topological polar surface area (TPSA) is 69.0 Å². The van der Waals surface area contributed by atoms with Crippen molar-refractivity contribution >= 4 is 23.4 Å². The average Bonchev–Trinajstić information content (AvgIpc) is 3.15. The van der Waals surface area contributed by atoms with Crippen molar-refractivity contribution in [3.05, 3.63) is 65.7 Å². The van der Waals surface area contributed by atoms with E-state index in [1.807, 2.05) is 18.4 Å². The zero-order valence-electron chi connectivity index (χ0n) is 18.8. The quantitative estimate of drug-likeness (QED) is 0.292. The van der Waals surface area contributed by atoms with Gasteiger partial charge in [-0.05, 0) is 55.3 Å². The van der Waals surface area contributed by atoms with E-state index in [1.165, 1.54) is 36.4 Å². The lowest BCUT2D eigenvalue weighted by atomic mass is 10.2. The predicted octanol–water partition coefficient (Wildman–Crippen LogP) is 5.96. The number of thioether (sulfide) groups is 1. The van der Waals surface area contributed by atoms with Gasteiger partial charge in [0.15, 0.2) is 17.1 Å². The molecule has 3 rings (SSSR count). The SMILES string of the molecule is CC(C)Cn1c(SCC(=O)Nc2cccc(C(F)(F)F)c2)nnc1C(C)Oc1ccc(F)cc1. The number of hydrogen-bond acceptors (Lipinski definition) is 5. The molecular weight excluding hydrogens is 472 g/mol. The maximum absolute atomic E-state index is 13.2. The molecule has 0 fully saturated rings. The van der Waals surface area contributed by atoms with E-state index in [0.29, 0.717) is 23.3 Å². The number of carbonyl (C=O) groups excluding carboxylic acids is 1. The van der Waals surface area contributed by atoms with Gasteiger partial charge in [0.2, 0.25) is 5.91 Å². The zero-order chi connectivity index (χ0) is 24.9. The van der Waals surface area contributed by atoms with Crippen molar-refractivity contribution in [2.75, 3.05) is 11.1 Å². The van der Waals surface area contributed by atoms with Gasteiger partial charge >= 0.3 is 6.18 Å². The second kappa shape index (κ2) is 10.9. The average molecular weight is 497 g/mol. The number of halogens is 4. The molecular formula is C23H24F4N4O2S. The van der Waals surface area contributed by atoms with Crippen molar-refractivity contribution in [1.29, 1.82) is 0 Å². The number of anilines is 1. The molecule has 0 bridgehead atoms. The molecule has 0 aliphatic rings. The van der Waals surface area contributed by atoms with Crippen LogP contribution in [0.4, 0.5) is 23.2 Å². The van der Waals surface area contributed by atoms with Gasteiger partial charge in [-0.1, -0.05) is 31.7 Å². The Kier molecular flexibility index (Phi) is 8.19. The van der Waals surface area contributed by atoms with E-state index in [0.717, 1.165) is 23.9 Å². The maximum Gasteiger partial charge on any atom is 0.416 e. The summed E-state index contributed by atoms with van der Waals surface area (Å²) in [6.45, 7) is 6.39. The van der Waals surface area contributed by atoms with Crippen LogP contribution in [-0.2, 0) is 17.5 Å². The third-order valence-corrected chi connectivity index (χ3v) is 5.56. The first kappa shape index (κ1) is 25.5. The van der Waals surface area contributed by atoms with Crippen LogP contribution in [-0.4, -0.2) is 26.4 Å². The van der Waals surface area contributed by atoms with E-state index in [9.17, 15) is 22.4 Å². The molecule has 1 N–H and O–H groups in total. The Morgan fingerprint density at radius 2 is 1.82 bits per heavy atom. The summed E-state index contributed by atoms with van der Waals surface area (Å²) in [5, 5.41) is 11.4. The van der Waals surface area contributed by atoms with Crippen LogP contribution in [0, 0.1) is 11.7 Å². The smallest absolute Gasteiger partial charge is 0.416 e. The fourth-order valence-electron chi connectivity index (χ4n) is 3.11. The van der Waals surface area contributed by atoms with Gasteiger partial charge in [-0.2, -0.15) is 13.2 Å². The lowest BCUT2D eigenvalue weighted by Gasteiger charge is -2.18. The van der Waals surface area contributed by atoms with Gasteiger partial charge in [0.25, 0.3) is 0 Å². The van der Waals surface area contributed by atoms with Gasteiger partial charge in [0.1, 0.15) is 11.6 Å². The number of benzene rings is 2. The summed E-state index contributed by atoms with van der Waals surface area (Å²) in [6, 6.07) is 10.1. The largest absolute Gasteiger partial charge is 0.483 e. The van der Waals surface area contributed by atoms with Gasteiger partial charge in [-0.25, -0.2) is 4.39 Å². The van der Waals surface area contributed by atoms with E-state index in [4.69, 9.17) is 4.74 Å². The molecule has 34 heavy (non-hydrogen) atoms. The normalized spacial score (nSPS) is 12.6. The summed E-state index contributed by atoms with van der Waals surface area (Å²) < 4.78 is 59.5. The minimum atomic E-state index is -4.49. The van der Waals surface area contributed by atoms with Crippen molar-refractivity contribution in [3.8, 4) is 5.75 Å². The molecule has 3 aromatic rings. The standard InChI is InChI=1S/C23H24F4N4O2S/c1-14(2)12-31-21(15(3)33-19-9-7-17(24)8-10-19)29-30-22(31)34-13-20(32)28-18-6-4-5-16(11-18)23(25,26)27/h4-11,14-15H,12-13H2,1-3H3,(H,28,32). The monoisotopic (exact) mass is 496 g/mol. The Balaban J connectivity index is 1.68. The Bertz CT molecular complexity index is 1120. The summed E-state index contributed by atoms with van der Waals surface area (Å²) in [5.41, 5.74) is -0.777. The summed E-state index contributed by atoms with van der Waals surface area (Å²) in [5.74, 6) is 0.345. The third kappa shape index (κ3) is 6.96. The highest BCUT2D eigenvalue weighted by Gasteiger charge is 2.30. The maximum atomic E-state index is 13.2. The van der Waals surface area contributed by atoms with Crippen LogP contribution in [0.1, 0.15) is 38.3 Å². The molecule has 0 radical (unpaired) electrons. The van der Waals surface area contributed by atoms with Gasteiger partial charge < -0.3 is 14.6 Å². The number of aromatic nitrogens is 3. The Hall–Kier alpha value is -3.08. The summed E-state index contributed by atoms with van der Waals surface area (Å²) in [7, 11) is 0. The molecule has 0 saturated heterocycles. The molecule has 6 nitrogen and oxygen atoms in total. The zero-order valence-corrected chi connectivity index (χ0v) is 19.6. The second-order valence-corrected chi connectivity index (χ2v) is 8.92. The molecule has 182 valence electrons. The molecule has 0 aliphatic heterocycles. The summed E-state index contributed by atoms with van der Waals surface area (Å²) >= 11 is 1.12. The number of rotatable bonds is 9. The lowest BCUT2D eigenvalue weighted by molar-refractivity contribution is -0.137. The van der Waals surface area contributed by atoms with Crippen molar-refractivity contribution in [1.82, 2.24) is 14.8 Å². The number of alkyl halides is 3. The number of amides is 1. The van der Waals surface area contributed by atoms with Crippen LogP contribution < -0.4 is 10.1 Å². The van der Waals surface area contributed by atoms with Crippen LogP contribution in [0.5, 0.6) is 5.75 Å². The van der Waals surface area contributed by atoms with Crippen LogP contribution in [0.15, 0.2) is 53.7 Å². The van der Waals surface area contributed by atoms with Crippen molar-refractivity contribution in [2.24, 2.45) is 5.92 Å². The minimum absolute atomic E-state index is 0.0612. The fourth-order valence-corrected chi connectivity index (χ4v) is 3.87. The summed E-state index contributed by atoms with van der Waals surface area (Å²) in [4.78, 5) is 12.4. The highest BCUT2D eigenvalue weighted by molar-refractivity contribution is 7.99. The Morgan fingerprint density at radius 3 is 2.47 bits per heavy atom. The van der Waals surface area contributed by atoms with Crippen molar-refractivity contribution in [3.63, 3.8) is 0 Å². The molecule has 0 spiro atoms. The van der Waals surface area contributed by atoms with Crippen molar-refractivity contribution in [2.45, 2.75) is 44.8 Å². The molecule has 1 heterocycles. The first-order valence-corrected chi connectivity index (χ1v) is 11.5. The Morgan fingerprint density at radius 1 is 1.12 bits per heavy atom. The van der Waals surface area contributed by atoms with Gasteiger partial charge in [-0.3, -0.25) is 4.79 Å².